The smallest absolute Gasteiger partial charge is 0.341 e. The van der Waals surface area contributed by atoms with E-state index < -0.39 is 6.03 Å². The molecule has 0 aliphatic heterocycles. The number of hydrazone groups is 1. The number of benzene rings is 2. The predicted molar refractivity (Wildman–Crippen MR) is 99.5 cm³/mol. The van der Waals surface area contributed by atoms with Crippen LogP contribution in [-0.4, -0.2) is 24.0 Å². The zero-order chi connectivity index (χ0) is 17.2. The highest BCUT2D eigenvalue weighted by molar-refractivity contribution is 7.80. The minimum absolute atomic E-state index is 0.173. The van der Waals surface area contributed by atoms with Gasteiger partial charge in [0, 0.05) is 5.69 Å². The molecule has 0 fully saturated rings. The number of hydrogen-bond acceptors (Lipinski definition) is 4. The molecule has 0 aromatic heterocycles. The second-order valence-electron chi connectivity index (χ2n) is 4.65. The number of nitrogens with one attached hydrogen (secondary N) is 3. The second-order valence-corrected chi connectivity index (χ2v) is 5.05. The number of hydrogen-bond donors (Lipinski definition) is 3. The van der Waals surface area contributed by atoms with Crippen LogP contribution in [0, 0.1) is 0 Å². The van der Waals surface area contributed by atoms with Gasteiger partial charge < -0.3 is 10.1 Å². The van der Waals surface area contributed by atoms with Gasteiger partial charge in [0.15, 0.2) is 5.11 Å². The molecule has 0 spiro atoms. The standard InChI is InChI=1S/C17H18N4O2S/c1-2-23-15-10-8-14(9-11-15)19-17(24)20-16(22)21-18-12-13-6-4-3-5-7-13/h3-12H,2H2,1H3,(H3,19,20,21,22,24)/b18-12+. The molecule has 0 unspecified atom stereocenters. The van der Waals surface area contributed by atoms with Gasteiger partial charge in [-0.2, -0.15) is 5.10 Å². The van der Waals surface area contributed by atoms with Crippen molar-refractivity contribution in [1.29, 1.82) is 0 Å². The Morgan fingerprint density at radius 1 is 1.17 bits per heavy atom. The Morgan fingerprint density at radius 2 is 1.88 bits per heavy atom. The fourth-order valence-electron chi connectivity index (χ4n) is 1.80. The molecule has 0 atom stereocenters. The van der Waals surface area contributed by atoms with E-state index in [1.165, 1.54) is 0 Å². The van der Waals surface area contributed by atoms with Crippen LogP contribution in [0.2, 0.25) is 0 Å². The summed E-state index contributed by atoms with van der Waals surface area (Å²) in [6.07, 6.45) is 1.54. The van der Waals surface area contributed by atoms with Crippen molar-refractivity contribution < 1.29 is 9.53 Å². The van der Waals surface area contributed by atoms with Crippen LogP contribution in [0.1, 0.15) is 12.5 Å². The third-order valence-corrected chi connectivity index (χ3v) is 3.03. The molecule has 0 radical (unpaired) electrons. The van der Waals surface area contributed by atoms with Gasteiger partial charge in [0.2, 0.25) is 0 Å². The van der Waals surface area contributed by atoms with Gasteiger partial charge in [-0.25, -0.2) is 10.2 Å². The first-order valence-electron chi connectivity index (χ1n) is 7.36. The number of rotatable bonds is 5. The third kappa shape index (κ3) is 6.05. The fraction of sp³-hybridized carbons (Fsp3) is 0.118. The molecule has 3 N–H and O–H groups in total. The first-order chi connectivity index (χ1) is 11.7. The molecular weight excluding hydrogens is 324 g/mol. The molecule has 0 heterocycles. The number of carbonyl (C=O) groups excluding carboxylic acids is 1. The Bertz CT molecular complexity index is 702. The fourth-order valence-corrected chi connectivity index (χ4v) is 2.01. The van der Waals surface area contributed by atoms with Gasteiger partial charge in [0.1, 0.15) is 5.75 Å². The minimum atomic E-state index is -0.523. The first kappa shape index (κ1) is 17.4. The second kappa shape index (κ2) is 9.26. The van der Waals surface area contributed by atoms with E-state index in [0.717, 1.165) is 17.0 Å². The van der Waals surface area contributed by atoms with Crippen LogP contribution >= 0.6 is 12.2 Å². The average molecular weight is 342 g/mol. The lowest BCUT2D eigenvalue weighted by Gasteiger charge is -2.09. The lowest BCUT2D eigenvalue weighted by molar-refractivity contribution is 0.246. The Labute approximate surface area is 145 Å². The summed E-state index contributed by atoms with van der Waals surface area (Å²) in [4.78, 5) is 11.7. The summed E-state index contributed by atoms with van der Waals surface area (Å²) in [7, 11) is 0. The highest BCUT2D eigenvalue weighted by Gasteiger charge is 2.03. The summed E-state index contributed by atoms with van der Waals surface area (Å²) in [5, 5.41) is 9.40. The van der Waals surface area contributed by atoms with E-state index in [2.05, 4.69) is 21.2 Å². The number of amides is 2. The number of ether oxygens (including phenoxy) is 1. The minimum Gasteiger partial charge on any atom is -0.494 e. The SMILES string of the molecule is CCOc1ccc(NC(=S)NC(=O)N/N=C/c2ccccc2)cc1. The molecule has 7 heteroatoms. The lowest BCUT2D eigenvalue weighted by atomic mass is 10.2. The molecule has 2 aromatic carbocycles. The van der Waals surface area contributed by atoms with E-state index in [4.69, 9.17) is 17.0 Å². The van der Waals surface area contributed by atoms with Gasteiger partial charge >= 0.3 is 6.03 Å². The van der Waals surface area contributed by atoms with Crippen LogP contribution in [0.25, 0.3) is 0 Å². The Balaban J connectivity index is 1.77. The normalized spacial score (nSPS) is 10.2. The summed E-state index contributed by atoms with van der Waals surface area (Å²) in [6, 6.07) is 16.2. The first-order valence-corrected chi connectivity index (χ1v) is 7.77. The summed E-state index contributed by atoms with van der Waals surface area (Å²) < 4.78 is 5.35. The van der Waals surface area contributed by atoms with Crippen LogP contribution < -0.4 is 20.8 Å². The van der Waals surface area contributed by atoms with Gasteiger partial charge in [0.05, 0.1) is 12.8 Å². The Hall–Kier alpha value is -2.93. The summed E-state index contributed by atoms with van der Waals surface area (Å²) in [5.41, 5.74) is 3.97. The molecule has 0 saturated carbocycles. The van der Waals surface area contributed by atoms with Crippen molar-refractivity contribution in [2.75, 3.05) is 11.9 Å². The maximum absolute atomic E-state index is 11.7. The molecule has 0 aliphatic rings. The lowest BCUT2D eigenvalue weighted by Crippen LogP contribution is -2.39. The van der Waals surface area contributed by atoms with Gasteiger partial charge in [-0.3, -0.25) is 5.32 Å². The third-order valence-electron chi connectivity index (χ3n) is 2.83. The molecule has 2 aromatic rings. The zero-order valence-corrected chi connectivity index (χ0v) is 14.0. The summed E-state index contributed by atoms with van der Waals surface area (Å²) >= 11 is 5.07. The molecule has 24 heavy (non-hydrogen) atoms. The van der Waals surface area contributed by atoms with Crippen LogP contribution in [0.4, 0.5) is 10.5 Å². The van der Waals surface area contributed by atoms with Crippen molar-refractivity contribution in [3.05, 3.63) is 60.2 Å². The highest BCUT2D eigenvalue weighted by Crippen LogP contribution is 2.15. The van der Waals surface area contributed by atoms with E-state index in [0.29, 0.717) is 6.61 Å². The molecular formula is C17H18N4O2S. The van der Waals surface area contributed by atoms with Crippen LogP contribution in [0.3, 0.4) is 0 Å². The molecule has 0 aliphatic carbocycles. The predicted octanol–water partition coefficient (Wildman–Crippen LogP) is 3.12. The largest absolute Gasteiger partial charge is 0.494 e. The number of nitrogens with zero attached hydrogens (tertiary/aromatic N) is 1. The summed E-state index contributed by atoms with van der Waals surface area (Å²) in [6.45, 7) is 2.53. The van der Waals surface area contributed by atoms with Gasteiger partial charge in [-0.05, 0) is 49.0 Å². The van der Waals surface area contributed by atoms with Crippen molar-refractivity contribution in [3.8, 4) is 5.75 Å². The van der Waals surface area contributed by atoms with Crippen molar-refractivity contribution in [1.82, 2.24) is 10.7 Å². The van der Waals surface area contributed by atoms with Gasteiger partial charge in [-0.15, -0.1) is 0 Å². The molecule has 2 rings (SSSR count). The summed E-state index contributed by atoms with van der Waals surface area (Å²) in [5.74, 6) is 0.773. The van der Waals surface area contributed by atoms with Crippen molar-refractivity contribution in [2.24, 2.45) is 5.10 Å². The molecule has 0 bridgehead atoms. The number of thiocarbonyl (C=S) groups is 1. The highest BCUT2D eigenvalue weighted by atomic mass is 32.1. The van der Waals surface area contributed by atoms with Crippen LogP contribution in [0.5, 0.6) is 5.75 Å². The van der Waals surface area contributed by atoms with Crippen LogP contribution in [0.15, 0.2) is 59.7 Å². The van der Waals surface area contributed by atoms with Gasteiger partial charge in [-0.1, -0.05) is 30.3 Å². The average Bonchev–Trinajstić information content (AvgIpc) is 2.58. The Kier molecular flexibility index (Phi) is 6.73. The quantitative estimate of drug-likeness (QED) is 0.443. The maximum Gasteiger partial charge on any atom is 0.341 e. The van der Waals surface area contributed by atoms with Crippen LogP contribution in [-0.2, 0) is 0 Å². The van der Waals surface area contributed by atoms with Gasteiger partial charge in [0.25, 0.3) is 0 Å². The molecule has 0 saturated heterocycles. The number of carbonyl (C=O) groups is 1. The Morgan fingerprint density at radius 3 is 2.54 bits per heavy atom. The van der Waals surface area contributed by atoms with E-state index in [1.807, 2.05) is 61.5 Å². The molecule has 2 amide bonds. The van der Waals surface area contributed by atoms with Crippen molar-refractivity contribution in [2.45, 2.75) is 6.92 Å². The zero-order valence-electron chi connectivity index (χ0n) is 13.2. The van der Waals surface area contributed by atoms with E-state index >= 15 is 0 Å². The topological polar surface area (TPSA) is 74.8 Å². The number of urea groups is 1. The molecule has 124 valence electrons. The monoisotopic (exact) mass is 342 g/mol. The van der Waals surface area contributed by atoms with E-state index in [-0.39, 0.29) is 5.11 Å². The van der Waals surface area contributed by atoms with E-state index in [1.54, 1.807) is 6.21 Å². The number of anilines is 1. The molecule has 6 nitrogen and oxygen atoms in total. The maximum atomic E-state index is 11.7. The van der Waals surface area contributed by atoms with Crippen molar-refractivity contribution in [3.63, 3.8) is 0 Å². The van der Waals surface area contributed by atoms with Crippen molar-refractivity contribution >= 4 is 35.3 Å². The van der Waals surface area contributed by atoms with E-state index in [9.17, 15) is 4.79 Å².